The zero-order valence-corrected chi connectivity index (χ0v) is 18.2. The Morgan fingerprint density at radius 1 is 1.19 bits per heavy atom. The van der Waals surface area contributed by atoms with Crippen molar-refractivity contribution < 1.29 is 22.3 Å². The molecule has 1 atom stereocenters. The number of benzene rings is 2. The molecule has 2 aromatic carbocycles. The first kappa shape index (κ1) is 21.4. The summed E-state index contributed by atoms with van der Waals surface area (Å²) < 4.78 is 45.4. The van der Waals surface area contributed by atoms with E-state index in [0.29, 0.717) is 23.7 Å². The Morgan fingerprint density at radius 2 is 1.90 bits per heavy atom. The third-order valence-electron chi connectivity index (χ3n) is 5.05. The highest BCUT2D eigenvalue weighted by Crippen LogP contribution is 2.29. The Labute approximate surface area is 183 Å². The van der Waals surface area contributed by atoms with E-state index in [-0.39, 0.29) is 11.4 Å². The van der Waals surface area contributed by atoms with Crippen molar-refractivity contribution in [1.82, 2.24) is 9.29 Å². The Morgan fingerprint density at radius 3 is 2.58 bits per heavy atom. The third kappa shape index (κ3) is 4.46. The van der Waals surface area contributed by atoms with Crippen LogP contribution in [0, 0.1) is 5.82 Å². The first-order chi connectivity index (χ1) is 14.9. The van der Waals surface area contributed by atoms with Gasteiger partial charge in [0.15, 0.2) is 5.13 Å². The fourth-order valence-corrected chi connectivity index (χ4v) is 5.83. The summed E-state index contributed by atoms with van der Waals surface area (Å²) in [6, 6.07) is 11.1. The number of sulfonamides is 1. The van der Waals surface area contributed by atoms with Gasteiger partial charge in [0.05, 0.1) is 17.7 Å². The number of anilines is 1. The van der Waals surface area contributed by atoms with E-state index >= 15 is 0 Å². The predicted molar refractivity (Wildman–Crippen MR) is 116 cm³/mol. The number of hydrogen-bond donors (Lipinski definition) is 1. The molecule has 1 fully saturated rings. The Kier molecular flexibility index (Phi) is 6.03. The molecule has 1 aromatic heterocycles. The molecule has 7 nitrogen and oxygen atoms in total. The fraction of sp³-hybridized carbons (Fsp3) is 0.238. The van der Waals surface area contributed by atoms with Crippen molar-refractivity contribution in [2.24, 2.45) is 0 Å². The minimum Gasteiger partial charge on any atom is -0.497 e. The summed E-state index contributed by atoms with van der Waals surface area (Å²) in [5, 5.41) is 4.95. The van der Waals surface area contributed by atoms with Crippen LogP contribution in [0.2, 0.25) is 0 Å². The number of amides is 1. The van der Waals surface area contributed by atoms with E-state index < -0.39 is 27.8 Å². The maximum Gasteiger partial charge on any atom is 0.244 e. The summed E-state index contributed by atoms with van der Waals surface area (Å²) >= 11 is 1.26. The smallest absolute Gasteiger partial charge is 0.244 e. The molecule has 0 saturated carbocycles. The van der Waals surface area contributed by atoms with Crippen molar-refractivity contribution in [2.75, 3.05) is 19.0 Å². The Balaban J connectivity index is 1.49. The van der Waals surface area contributed by atoms with Crippen molar-refractivity contribution in [1.29, 1.82) is 0 Å². The van der Waals surface area contributed by atoms with Crippen molar-refractivity contribution in [3.63, 3.8) is 0 Å². The molecule has 0 spiro atoms. The Bertz CT molecular complexity index is 1180. The lowest BCUT2D eigenvalue weighted by Gasteiger charge is -2.23. The second kappa shape index (κ2) is 8.74. The highest BCUT2D eigenvalue weighted by molar-refractivity contribution is 7.89. The molecule has 0 radical (unpaired) electrons. The van der Waals surface area contributed by atoms with Crippen LogP contribution in [-0.2, 0) is 14.8 Å². The molecule has 162 valence electrons. The molecule has 3 aromatic rings. The number of hydrogen-bond acceptors (Lipinski definition) is 6. The quantitative estimate of drug-likeness (QED) is 0.604. The van der Waals surface area contributed by atoms with E-state index in [4.69, 9.17) is 4.74 Å². The fourth-order valence-electron chi connectivity index (χ4n) is 3.45. The van der Waals surface area contributed by atoms with Gasteiger partial charge in [0.2, 0.25) is 15.9 Å². The lowest BCUT2D eigenvalue weighted by molar-refractivity contribution is -0.119. The Hall–Kier alpha value is -2.82. The zero-order valence-electron chi connectivity index (χ0n) is 16.6. The van der Waals surface area contributed by atoms with Crippen molar-refractivity contribution >= 4 is 32.4 Å². The van der Waals surface area contributed by atoms with Gasteiger partial charge in [-0.25, -0.2) is 17.8 Å². The van der Waals surface area contributed by atoms with Crippen molar-refractivity contribution in [3.8, 4) is 17.0 Å². The van der Waals surface area contributed by atoms with E-state index in [0.717, 1.165) is 23.4 Å². The van der Waals surface area contributed by atoms with Gasteiger partial charge in [0, 0.05) is 17.5 Å². The lowest BCUT2D eigenvalue weighted by atomic mass is 10.2. The van der Waals surface area contributed by atoms with E-state index in [1.165, 1.54) is 27.8 Å². The molecule has 10 heteroatoms. The van der Waals surface area contributed by atoms with Gasteiger partial charge >= 0.3 is 0 Å². The number of aromatic nitrogens is 1. The minimum absolute atomic E-state index is 0.0374. The van der Waals surface area contributed by atoms with Crippen LogP contribution in [0.3, 0.4) is 0 Å². The van der Waals surface area contributed by atoms with Gasteiger partial charge in [-0.15, -0.1) is 11.3 Å². The number of methoxy groups -OCH3 is 1. The molecule has 1 aliphatic heterocycles. The van der Waals surface area contributed by atoms with Gasteiger partial charge in [-0.1, -0.05) is 0 Å². The summed E-state index contributed by atoms with van der Waals surface area (Å²) in [5.74, 6) is -0.221. The summed E-state index contributed by atoms with van der Waals surface area (Å²) in [6.07, 6.45) is 0.969. The number of thiazole rings is 1. The van der Waals surface area contributed by atoms with Crippen molar-refractivity contribution in [2.45, 2.75) is 23.8 Å². The van der Waals surface area contributed by atoms with Crippen molar-refractivity contribution in [3.05, 3.63) is 59.7 Å². The molecule has 0 aliphatic carbocycles. The molecule has 0 bridgehead atoms. The average Bonchev–Trinajstić information content (AvgIpc) is 3.44. The number of rotatable bonds is 6. The molecule has 1 unspecified atom stereocenters. The van der Waals surface area contributed by atoms with Crippen LogP contribution in [0.1, 0.15) is 12.8 Å². The first-order valence-corrected chi connectivity index (χ1v) is 11.9. The standard InChI is InChI=1S/C21H20FN3O4S2/c1-29-16-8-4-14(5-9-16)18-13-30-21(23-18)24-20(26)19-3-2-12-25(19)31(27,28)17-10-6-15(22)7-11-17/h4-11,13,19H,2-3,12H2,1H3,(H,23,24,26). The second-order valence-electron chi connectivity index (χ2n) is 6.98. The number of halogens is 1. The van der Waals surface area contributed by atoms with Gasteiger partial charge < -0.3 is 10.1 Å². The molecular weight excluding hydrogens is 441 g/mol. The van der Waals surface area contributed by atoms with Gasteiger partial charge in [0.1, 0.15) is 17.6 Å². The summed E-state index contributed by atoms with van der Waals surface area (Å²) in [5.41, 5.74) is 1.57. The molecule has 4 rings (SSSR count). The van der Waals surface area contributed by atoms with Crippen LogP contribution in [-0.4, -0.2) is 43.3 Å². The van der Waals surface area contributed by atoms with E-state index in [1.807, 2.05) is 29.6 Å². The zero-order chi connectivity index (χ0) is 22.0. The average molecular weight is 462 g/mol. The third-order valence-corrected chi connectivity index (χ3v) is 7.73. The van der Waals surface area contributed by atoms with Crippen LogP contribution in [0.15, 0.2) is 58.8 Å². The summed E-state index contributed by atoms with van der Waals surface area (Å²) in [4.78, 5) is 17.3. The van der Waals surface area contributed by atoms with Gasteiger partial charge in [-0.3, -0.25) is 4.79 Å². The monoisotopic (exact) mass is 461 g/mol. The van der Waals surface area contributed by atoms with E-state index in [2.05, 4.69) is 10.3 Å². The summed E-state index contributed by atoms with van der Waals surface area (Å²) in [6.45, 7) is 0.229. The topological polar surface area (TPSA) is 88.6 Å². The van der Waals surface area contributed by atoms with Gasteiger partial charge in [0.25, 0.3) is 0 Å². The molecule has 1 N–H and O–H groups in total. The minimum atomic E-state index is -3.91. The molecule has 31 heavy (non-hydrogen) atoms. The van der Waals surface area contributed by atoms with E-state index in [1.54, 1.807) is 7.11 Å². The van der Waals surface area contributed by atoms with Crippen LogP contribution in [0.5, 0.6) is 5.75 Å². The second-order valence-corrected chi connectivity index (χ2v) is 9.73. The SMILES string of the molecule is COc1ccc(-c2csc(NC(=O)C3CCCN3S(=O)(=O)c3ccc(F)cc3)n2)cc1. The first-order valence-electron chi connectivity index (χ1n) is 9.57. The molecule has 1 amide bonds. The summed E-state index contributed by atoms with van der Waals surface area (Å²) in [7, 11) is -2.32. The van der Waals surface area contributed by atoms with Crippen LogP contribution >= 0.6 is 11.3 Å². The molecule has 2 heterocycles. The number of carbonyl (C=O) groups excluding carboxylic acids is 1. The number of carbonyl (C=O) groups is 1. The largest absolute Gasteiger partial charge is 0.497 e. The molecular formula is C21H20FN3O4S2. The normalized spacial score (nSPS) is 16.9. The lowest BCUT2D eigenvalue weighted by Crippen LogP contribution is -2.43. The van der Waals surface area contributed by atoms with E-state index in [9.17, 15) is 17.6 Å². The number of nitrogens with zero attached hydrogens (tertiary/aromatic N) is 2. The highest BCUT2D eigenvalue weighted by Gasteiger charge is 2.39. The van der Waals surface area contributed by atoms with Crippen LogP contribution in [0.4, 0.5) is 9.52 Å². The molecule has 1 aliphatic rings. The highest BCUT2D eigenvalue weighted by atomic mass is 32.2. The maximum absolute atomic E-state index is 13.2. The molecule has 1 saturated heterocycles. The number of ether oxygens (including phenoxy) is 1. The number of nitrogens with one attached hydrogen (secondary N) is 1. The predicted octanol–water partition coefficient (Wildman–Crippen LogP) is 3.75. The van der Waals surface area contributed by atoms with Crippen LogP contribution in [0.25, 0.3) is 11.3 Å². The maximum atomic E-state index is 13.2. The van der Waals surface area contributed by atoms with Gasteiger partial charge in [-0.05, 0) is 61.4 Å². The van der Waals surface area contributed by atoms with Gasteiger partial charge in [-0.2, -0.15) is 4.31 Å². The van der Waals surface area contributed by atoms with Crippen LogP contribution < -0.4 is 10.1 Å².